The molecule has 242 valence electrons. The molecule has 47 heavy (non-hydrogen) atoms. The van der Waals surface area contributed by atoms with Gasteiger partial charge in [0.15, 0.2) is 0 Å². The van der Waals surface area contributed by atoms with Crippen molar-refractivity contribution in [3.8, 4) is 5.75 Å². The van der Waals surface area contributed by atoms with Crippen molar-refractivity contribution in [2.45, 2.75) is 50.7 Å². The van der Waals surface area contributed by atoms with Crippen molar-refractivity contribution in [1.29, 1.82) is 0 Å². The summed E-state index contributed by atoms with van der Waals surface area (Å²) in [5.74, 6) is 0.716. The molecule has 5 aromatic rings. The first-order valence-corrected chi connectivity index (χ1v) is 15.6. The second kappa shape index (κ2) is 14.3. The van der Waals surface area contributed by atoms with Crippen LogP contribution in [0.5, 0.6) is 5.75 Å². The Morgan fingerprint density at radius 1 is 0.830 bits per heavy atom. The van der Waals surface area contributed by atoms with Gasteiger partial charge in [-0.1, -0.05) is 103 Å². The topological polar surface area (TPSA) is 101 Å². The van der Waals surface area contributed by atoms with Gasteiger partial charge in [0.2, 0.25) is 0 Å². The number of aromatic nitrogens is 2. The highest BCUT2D eigenvalue weighted by atomic mass is 16.6. The number of aliphatic hydroxyl groups excluding tert-OH is 1. The quantitative estimate of drug-likeness (QED) is 0.189. The van der Waals surface area contributed by atoms with E-state index in [2.05, 4.69) is 0 Å². The molecule has 2 heterocycles. The molecule has 1 aromatic heterocycles. The van der Waals surface area contributed by atoms with Crippen LogP contribution in [0.2, 0.25) is 0 Å². The van der Waals surface area contributed by atoms with Crippen LogP contribution in [0, 0.1) is 6.92 Å². The highest BCUT2D eigenvalue weighted by Gasteiger charge is 2.42. The fourth-order valence-corrected chi connectivity index (χ4v) is 6.07. The number of hydrogen-bond donors (Lipinski definition) is 1. The molecule has 9 heteroatoms. The van der Waals surface area contributed by atoms with Crippen LogP contribution in [0.4, 0.5) is 0 Å². The molecule has 0 unspecified atom stereocenters. The SMILES string of the molecule is COc1ccc(C(OC[C@H]2O[C@@H](n3cc(C)c(=O)n(COCc4ccccc4)c3=O)C[C@@H]2O)(c2ccccc2)c2ccccc2)cc1. The molecule has 0 saturated carbocycles. The maximum atomic E-state index is 13.6. The Bertz CT molecular complexity index is 1830. The van der Waals surface area contributed by atoms with Crippen molar-refractivity contribution in [2.75, 3.05) is 13.7 Å². The average molecular weight is 635 g/mol. The average Bonchev–Trinajstić information content (AvgIpc) is 3.49. The summed E-state index contributed by atoms with van der Waals surface area (Å²) in [4.78, 5) is 26.5. The Morgan fingerprint density at radius 2 is 1.40 bits per heavy atom. The lowest BCUT2D eigenvalue weighted by Gasteiger charge is -2.37. The third-order valence-corrected chi connectivity index (χ3v) is 8.53. The van der Waals surface area contributed by atoms with Gasteiger partial charge in [0.1, 0.15) is 30.4 Å². The Morgan fingerprint density at radius 3 is 2.00 bits per heavy atom. The third kappa shape index (κ3) is 6.70. The van der Waals surface area contributed by atoms with Gasteiger partial charge in [-0.15, -0.1) is 0 Å². The number of aryl methyl sites for hydroxylation is 1. The van der Waals surface area contributed by atoms with Gasteiger partial charge < -0.3 is 24.1 Å². The predicted octanol–water partition coefficient (Wildman–Crippen LogP) is 5.16. The standard InChI is InChI=1S/C38H38N2O7/c1-27-23-39(37(43)40(36(27)42)26-45-24-28-12-6-3-7-13-28)35-22-33(41)34(47-35)25-46-38(29-14-8-4-9-15-29,30-16-10-5-11-17-30)31-18-20-32(44-2)21-19-31/h3-21,23,33-35,41H,22,24-26H2,1-2H3/t33-,34+,35+/m0/s1. The highest BCUT2D eigenvalue weighted by molar-refractivity contribution is 5.48. The minimum atomic E-state index is -1.05. The minimum Gasteiger partial charge on any atom is -0.497 e. The van der Waals surface area contributed by atoms with Crippen molar-refractivity contribution in [2.24, 2.45) is 0 Å². The summed E-state index contributed by atoms with van der Waals surface area (Å²) in [5.41, 5.74) is 1.89. The van der Waals surface area contributed by atoms with Crippen LogP contribution in [0.15, 0.2) is 131 Å². The van der Waals surface area contributed by atoms with E-state index >= 15 is 0 Å². The molecule has 4 aromatic carbocycles. The molecular formula is C38H38N2O7. The predicted molar refractivity (Wildman–Crippen MR) is 177 cm³/mol. The molecule has 1 aliphatic rings. The summed E-state index contributed by atoms with van der Waals surface area (Å²) in [6.45, 7) is 1.69. The van der Waals surface area contributed by atoms with E-state index in [1.165, 1.54) is 10.8 Å². The first-order valence-electron chi connectivity index (χ1n) is 15.6. The number of rotatable bonds is 12. The first-order chi connectivity index (χ1) is 22.9. The van der Waals surface area contributed by atoms with Crippen LogP contribution in [0.3, 0.4) is 0 Å². The molecule has 1 N–H and O–H groups in total. The summed E-state index contributed by atoms with van der Waals surface area (Å²) in [5, 5.41) is 11.2. The second-order valence-corrected chi connectivity index (χ2v) is 11.6. The van der Waals surface area contributed by atoms with Crippen LogP contribution in [-0.4, -0.2) is 40.2 Å². The molecule has 6 rings (SSSR count). The van der Waals surface area contributed by atoms with E-state index < -0.39 is 35.3 Å². The Labute approximate surface area is 273 Å². The van der Waals surface area contributed by atoms with Crippen LogP contribution in [0.1, 0.15) is 40.5 Å². The molecule has 1 fully saturated rings. The van der Waals surface area contributed by atoms with Gasteiger partial charge >= 0.3 is 5.69 Å². The highest BCUT2D eigenvalue weighted by Crippen LogP contribution is 2.42. The monoisotopic (exact) mass is 634 g/mol. The van der Waals surface area contributed by atoms with E-state index in [4.69, 9.17) is 18.9 Å². The number of methoxy groups -OCH3 is 1. The molecule has 3 atom stereocenters. The largest absolute Gasteiger partial charge is 0.497 e. The molecule has 0 aliphatic carbocycles. The van der Waals surface area contributed by atoms with Gasteiger partial charge in [-0.05, 0) is 41.3 Å². The molecule has 0 spiro atoms. The van der Waals surface area contributed by atoms with Crippen LogP contribution < -0.4 is 16.0 Å². The van der Waals surface area contributed by atoms with Crippen LogP contribution in [0.25, 0.3) is 0 Å². The number of ether oxygens (including phenoxy) is 4. The third-order valence-electron chi connectivity index (χ3n) is 8.53. The second-order valence-electron chi connectivity index (χ2n) is 11.6. The Kier molecular flexibility index (Phi) is 9.79. The maximum Gasteiger partial charge on any atom is 0.335 e. The zero-order chi connectivity index (χ0) is 32.8. The van der Waals surface area contributed by atoms with Crippen molar-refractivity contribution >= 4 is 0 Å². The number of aliphatic hydroxyl groups is 1. The number of nitrogens with zero attached hydrogens (tertiary/aromatic N) is 2. The lowest BCUT2D eigenvalue weighted by Crippen LogP contribution is -2.42. The van der Waals surface area contributed by atoms with E-state index in [0.717, 1.165) is 26.8 Å². The van der Waals surface area contributed by atoms with Crippen molar-refractivity contribution < 1.29 is 24.1 Å². The molecule has 9 nitrogen and oxygen atoms in total. The molecule has 1 aliphatic heterocycles. The van der Waals surface area contributed by atoms with E-state index in [-0.39, 0.29) is 26.4 Å². The summed E-state index contributed by atoms with van der Waals surface area (Å²) < 4.78 is 26.8. The zero-order valence-electron chi connectivity index (χ0n) is 26.4. The molecule has 0 amide bonds. The van der Waals surface area contributed by atoms with Crippen molar-refractivity contribution in [3.05, 3.63) is 170 Å². The summed E-state index contributed by atoms with van der Waals surface area (Å²) in [7, 11) is 1.62. The van der Waals surface area contributed by atoms with E-state index in [9.17, 15) is 14.7 Å². The van der Waals surface area contributed by atoms with Gasteiger partial charge in [-0.3, -0.25) is 9.36 Å². The smallest absolute Gasteiger partial charge is 0.335 e. The zero-order valence-corrected chi connectivity index (χ0v) is 26.4. The Hall–Kier alpha value is -4.80. The van der Waals surface area contributed by atoms with E-state index in [0.29, 0.717) is 11.3 Å². The molecule has 1 saturated heterocycles. The fraction of sp³-hybridized carbons (Fsp3) is 0.263. The molecule has 0 radical (unpaired) electrons. The maximum absolute atomic E-state index is 13.6. The van der Waals surface area contributed by atoms with Crippen LogP contribution in [-0.2, 0) is 33.1 Å². The minimum absolute atomic E-state index is 0.0149. The fourth-order valence-electron chi connectivity index (χ4n) is 6.07. The lowest BCUT2D eigenvalue weighted by molar-refractivity contribution is -0.0948. The number of hydrogen-bond acceptors (Lipinski definition) is 7. The van der Waals surface area contributed by atoms with Crippen LogP contribution >= 0.6 is 0 Å². The number of benzene rings is 4. The van der Waals surface area contributed by atoms with Gasteiger partial charge in [0.25, 0.3) is 5.56 Å². The van der Waals surface area contributed by atoms with Gasteiger partial charge in [-0.25, -0.2) is 9.36 Å². The summed E-state index contributed by atoms with van der Waals surface area (Å²) in [6.07, 6.45) is -0.874. The lowest BCUT2D eigenvalue weighted by atomic mass is 9.80. The Balaban J connectivity index is 1.27. The van der Waals surface area contributed by atoms with Gasteiger partial charge in [0, 0.05) is 18.2 Å². The summed E-state index contributed by atoms with van der Waals surface area (Å²) >= 11 is 0. The summed E-state index contributed by atoms with van der Waals surface area (Å²) in [6, 6.07) is 37.0. The van der Waals surface area contributed by atoms with E-state index in [1.54, 1.807) is 14.0 Å². The van der Waals surface area contributed by atoms with Crippen molar-refractivity contribution in [1.82, 2.24) is 9.13 Å². The normalized spacial score (nSPS) is 17.9. The van der Waals surface area contributed by atoms with Crippen molar-refractivity contribution in [3.63, 3.8) is 0 Å². The van der Waals surface area contributed by atoms with E-state index in [1.807, 2.05) is 115 Å². The first kappa shape index (κ1) is 32.2. The van der Waals surface area contributed by atoms with Gasteiger partial charge in [0.05, 0.1) is 26.4 Å². The molecule has 0 bridgehead atoms. The molecular weight excluding hydrogens is 596 g/mol. The van der Waals surface area contributed by atoms with Gasteiger partial charge in [-0.2, -0.15) is 0 Å².